The molecule has 1 aromatic rings. The van der Waals surface area contributed by atoms with Crippen LogP contribution in [0.3, 0.4) is 0 Å². The van der Waals surface area contributed by atoms with Gasteiger partial charge in [0.2, 0.25) is 10.0 Å². The molecule has 1 aliphatic rings. The lowest BCUT2D eigenvalue weighted by Crippen LogP contribution is -2.49. The molecule has 0 radical (unpaired) electrons. The Hall–Kier alpha value is -1.61. The standard InChI is InChI=1S/C14H25N5O3S/c1-12(11-18-7-3-6-16-18)10-15-14(20)17-13-4-8-19(9-5-13)23(2,21)22/h3,6-7,12-13H,4-5,8-11H2,1-2H3,(H2,15,17,20). The van der Waals surface area contributed by atoms with Crippen molar-refractivity contribution in [2.75, 3.05) is 25.9 Å². The van der Waals surface area contributed by atoms with Gasteiger partial charge in [0.1, 0.15) is 0 Å². The lowest BCUT2D eigenvalue weighted by atomic mass is 10.1. The van der Waals surface area contributed by atoms with Crippen molar-refractivity contribution in [3.8, 4) is 0 Å². The molecule has 2 heterocycles. The first-order valence-electron chi connectivity index (χ1n) is 7.81. The van der Waals surface area contributed by atoms with Crippen molar-refractivity contribution in [1.29, 1.82) is 0 Å². The number of nitrogens with zero attached hydrogens (tertiary/aromatic N) is 3. The van der Waals surface area contributed by atoms with Crippen LogP contribution in [0.4, 0.5) is 4.79 Å². The van der Waals surface area contributed by atoms with Crippen molar-refractivity contribution in [3.05, 3.63) is 18.5 Å². The van der Waals surface area contributed by atoms with E-state index in [2.05, 4.69) is 15.7 Å². The number of aromatic nitrogens is 2. The Bertz CT molecular complexity index is 594. The zero-order valence-corrected chi connectivity index (χ0v) is 14.4. The Morgan fingerprint density at radius 2 is 2.09 bits per heavy atom. The van der Waals surface area contributed by atoms with Crippen molar-refractivity contribution in [1.82, 2.24) is 24.7 Å². The molecule has 1 saturated heterocycles. The molecule has 1 fully saturated rings. The zero-order valence-electron chi connectivity index (χ0n) is 13.6. The van der Waals surface area contributed by atoms with E-state index in [4.69, 9.17) is 0 Å². The molecule has 130 valence electrons. The molecule has 1 aliphatic heterocycles. The van der Waals surface area contributed by atoms with E-state index in [-0.39, 0.29) is 18.0 Å². The maximum atomic E-state index is 11.9. The maximum Gasteiger partial charge on any atom is 0.315 e. The summed E-state index contributed by atoms with van der Waals surface area (Å²) in [4.78, 5) is 11.9. The third-order valence-corrected chi connectivity index (χ3v) is 5.23. The summed E-state index contributed by atoms with van der Waals surface area (Å²) in [7, 11) is -3.13. The van der Waals surface area contributed by atoms with Gasteiger partial charge in [-0.2, -0.15) is 5.10 Å². The second kappa shape index (κ2) is 7.78. The highest BCUT2D eigenvalue weighted by molar-refractivity contribution is 7.88. The van der Waals surface area contributed by atoms with Gasteiger partial charge in [-0.05, 0) is 24.8 Å². The first kappa shape index (κ1) is 17.7. The van der Waals surface area contributed by atoms with Crippen LogP contribution < -0.4 is 10.6 Å². The van der Waals surface area contributed by atoms with Crippen LogP contribution in [-0.2, 0) is 16.6 Å². The molecule has 1 aromatic heterocycles. The van der Waals surface area contributed by atoms with Gasteiger partial charge in [0.05, 0.1) is 6.26 Å². The van der Waals surface area contributed by atoms with E-state index < -0.39 is 10.0 Å². The molecule has 0 aromatic carbocycles. The van der Waals surface area contributed by atoms with Crippen LogP contribution in [0.25, 0.3) is 0 Å². The average Bonchev–Trinajstić information content (AvgIpc) is 2.98. The Balaban J connectivity index is 1.65. The van der Waals surface area contributed by atoms with Gasteiger partial charge in [0.15, 0.2) is 0 Å². The molecular weight excluding hydrogens is 318 g/mol. The van der Waals surface area contributed by atoms with Gasteiger partial charge in [0, 0.05) is 44.6 Å². The van der Waals surface area contributed by atoms with Crippen molar-refractivity contribution >= 4 is 16.1 Å². The number of sulfonamides is 1. The summed E-state index contributed by atoms with van der Waals surface area (Å²) in [5.74, 6) is 0.271. The summed E-state index contributed by atoms with van der Waals surface area (Å²) in [6, 6.07) is 1.69. The fraction of sp³-hybridized carbons (Fsp3) is 0.714. The van der Waals surface area contributed by atoms with E-state index in [9.17, 15) is 13.2 Å². The highest BCUT2D eigenvalue weighted by atomic mass is 32.2. The summed E-state index contributed by atoms with van der Waals surface area (Å²) < 4.78 is 26.2. The third kappa shape index (κ3) is 5.83. The molecular formula is C14H25N5O3S. The molecule has 0 aliphatic carbocycles. The maximum absolute atomic E-state index is 11.9. The summed E-state index contributed by atoms with van der Waals surface area (Å²) in [6.45, 7) is 4.28. The number of carbonyl (C=O) groups is 1. The molecule has 1 atom stereocenters. The van der Waals surface area contributed by atoms with Crippen LogP contribution >= 0.6 is 0 Å². The second-order valence-corrected chi connectivity index (χ2v) is 8.11. The number of nitrogens with one attached hydrogen (secondary N) is 2. The van der Waals surface area contributed by atoms with Crippen molar-refractivity contribution in [3.63, 3.8) is 0 Å². The van der Waals surface area contributed by atoms with Crippen LogP contribution in [0.1, 0.15) is 19.8 Å². The Morgan fingerprint density at radius 3 is 2.65 bits per heavy atom. The highest BCUT2D eigenvalue weighted by Gasteiger charge is 2.25. The highest BCUT2D eigenvalue weighted by Crippen LogP contribution is 2.13. The van der Waals surface area contributed by atoms with Gasteiger partial charge in [0.25, 0.3) is 0 Å². The number of hydrogen-bond acceptors (Lipinski definition) is 4. The zero-order chi connectivity index (χ0) is 16.9. The minimum atomic E-state index is -3.13. The monoisotopic (exact) mass is 343 g/mol. The van der Waals surface area contributed by atoms with Crippen LogP contribution in [0.15, 0.2) is 18.5 Å². The van der Waals surface area contributed by atoms with E-state index in [1.807, 2.05) is 23.9 Å². The average molecular weight is 343 g/mol. The van der Waals surface area contributed by atoms with Crippen LogP contribution in [0, 0.1) is 5.92 Å². The third-order valence-electron chi connectivity index (χ3n) is 3.93. The lowest BCUT2D eigenvalue weighted by molar-refractivity contribution is 0.225. The lowest BCUT2D eigenvalue weighted by Gasteiger charge is -2.30. The molecule has 2 N–H and O–H groups in total. The summed E-state index contributed by atoms with van der Waals surface area (Å²) in [6.07, 6.45) is 6.13. The minimum Gasteiger partial charge on any atom is -0.338 e. The molecule has 2 rings (SSSR count). The van der Waals surface area contributed by atoms with Gasteiger partial charge in [-0.15, -0.1) is 0 Å². The normalized spacial score (nSPS) is 18.5. The van der Waals surface area contributed by atoms with Crippen molar-refractivity contribution in [2.45, 2.75) is 32.4 Å². The Labute approximate surface area is 137 Å². The fourth-order valence-electron chi connectivity index (χ4n) is 2.63. The Kier molecular flexibility index (Phi) is 6.00. The van der Waals surface area contributed by atoms with E-state index in [0.717, 1.165) is 6.54 Å². The van der Waals surface area contributed by atoms with Gasteiger partial charge < -0.3 is 10.6 Å². The summed E-state index contributed by atoms with van der Waals surface area (Å²) in [5, 5.41) is 9.91. The molecule has 1 unspecified atom stereocenters. The first-order chi connectivity index (χ1) is 10.8. The van der Waals surface area contributed by atoms with Crippen LogP contribution in [0.2, 0.25) is 0 Å². The number of piperidine rings is 1. The predicted octanol–water partition coefficient (Wildman–Crippen LogP) is 0.242. The molecule has 9 heteroatoms. The minimum absolute atomic E-state index is 0.0226. The molecule has 0 bridgehead atoms. The van der Waals surface area contributed by atoms with E-state index in [1.54, 1.807) is 6.20 Å². The first-order valence-corrected chi connectivity index (χ1v) is 9.66. The quantitative estimate of drug-likeness (QED) is 0.773. The molecule has 23 heavy (non-hydrogen) atoms. The molecule has 0 saturated carbocycles. The van der Waals surface area contributed by atoms with Gasteiger partial charge in [-0.25, -0.2) is 17.5 Å². The van der Waals surface area contributed by atoms with Gasteiger partial charge in [-0.3, -0.25) is 4.68 Å². The Morgan fingerprint density at radius 1 is 1.39 bits per heavy atom. The predicted molar refractivity (Wildman–Crippen MR) is 87.4 cm³/mol. The van der Waals surface area contributed by atoms with Gasteiger partial charge >= 0.3 is 6.03 Å². The van der Waals surface area contributed by atoms with Crippen molar-refractivity contribution < 1.29 is 13.2 Å². The van der Waals surface area contributed by atoms with E-state index >= 15 is 0 Å². The molecule has 0 spiro atoms. The number of urea groups is 1. The summed E-state index contributed by atoms with van der Waals surface area (Å²) >= 11 is 0. The van der Waals surface area contributed by atoms with Gasteiger partial charge in [-0.1, -0.05) is 6.92 Å². The van der Waals surface area contributed by atoms with E-state index in [1.165, 1.54) is 10.6 Å². The number of rotatable bonds is 6. The number of carbonyl (C=O) groups excluding carboxylic acids is 1. The largest absolute Gasteiger partial charge is 0.338 e. The SMILES string of the molecule is CC(CNC(=O)NC1CCN(S(C)(=O)=O)CC1)Cn1cccn1. The molecule has 2 amide bonds. The molecule has 8 nitrogen and oxygen atoms in total. The number of hydrogen-bond donors (Lipinski definition) is 2. The smallest absolute Gasteiger partial charge is 0.315 e. The van der Waals surface area contributed by atoms with E-state index in [0.29, 0.717) is 32.5 Å². The topological polar surface area (TPSA) is 96.3 Å². The van der Waals surface area contributed by atoms with Crippen LogP contribution in [0.5, 0.6) is 0 Å². The van der Waals surface area contributed by atoms with Crippen LogP contribution in [-0.4, -0.2) is 60.5 Å². The number of amides is 2. The van der Waals surface area contributed by atoms with Crippen molar-refractivity contribution in [2.24, 2.45) is 5.92 Å². The fourth-order valence-corrected chi connectivity index (χ4v) is 3.50. The summed E-state index contributed by atoms with van der Waals surface area (Å²) in [5.41, 5.74) is 0. The second-order valence-electron chi connectivity index (χ2n) is 6.12.